The van der Waals surface area contributed by atoms with Gasteiger partial charge in [0.2, 0.25) is 6.79 Å². The third-order valence-electron chi connectivity index (χ3n) is 3.30. The minimum Gasteiger partial charge on any atom is -0.454 e. The molecule has 1 unspecified atom stereocenters. The Morgan fingerprint density at radius 3 is 3.12 bits per heavy atom. The molecule has 92 valence electrons. The van der Waals surface area contributed by atoms with Gasteiger partial charge >= 0.3 is 0 Å². The van der Waals surface area contributed by atoms with Crippen molar-refractivity contribution in [3.05, 3.63) is 21.7 Å². The second-order valence-corrected chi connectivity index (χ2v) is 5.24. The molecule has 0 N–H and O–H groups in total. The number of ether oxygens (including phenoxy) is 3. The van der Waals surface area contributed by atoms with Gasteiger partial charge < -0.3 is 14.2 Å². The molecule has 0 aliphatic carbocycles. The highest BCUT2D eigenvalue weighted by molar-refractivity contribution is 9.10. The maximum absolute atomic E-state index is 5.87. The van der Waals surface area contributed by atoms with Gasteiger partial charge in [0.05, 0.1) is 12.7 Å². The van der Waals surface area contributed by atoms with E-state index in [2.05, 4.69) is 22.9 Å². The fourth-order valence-corrected chi connectivity index (χ4v) is 3.16. The van der Waals surface area contributed by atoms with Crippen LogP contribution in [0, 0.1) is 0 Å². The highest BCUT2D eigenvalue weighted by atomic mass is 79.9. The maximum atomic E-state index is 5.87. The molecular formula is C13H15BrO3. The van der Waals surface area contributed by atoms with Crippen molar-refractivity contribution in [1.29, 1.82) is 0 Å². The molecule has 1 aromatic rings. The quantitative estimate of drug-likeness (QED) is 0.835. The molecule has 0 saturated carbocycles. The molecule has 0 saturated heterocycles. The summed E-state index contributed by atoms with van der Waals surface area (Å²) >= 11 is 3.62. The topological polar surface area (TPSA) is 27.7 Å². The van der Waals surface area contributed by atoms with Crippen molar-refractivity contribution >= 4 is 15.9 Å². The number of hydrogen-bond acceptors (Lipinski definition) is 3. The molecule has 0 radical (unpaired) electrons. The number of rotatable bonds is 2. The Balaban J connectivity index is 2.13. The summed E-state index contributed by atoms with van der Waals surface area (Å²) < 4.78 is 18.1. The average molecular weight is 299 g/mol. The molecule has 3 rings (SSSR count). The lowest BCUT2D eigenvalue weighted by molar-refractivity contribution is 0.0336. The Bertz CT molecular complexity index is 441. The number of fused-ring (bicyclic) bond motifs is 3. The van der Waals surface area contributed by atoms with E-state index in [-0.39, 0.29) is 6.10 Å². The smallest absolute Gasteiger partial charge is 0.231 e. The van der Waals surface area contributed by atoms with Gasteiger partial charge in [-0.15, -0.1) is 0 Å². The van der Waals surface area contributed by atoms with Crippen LogP contribution in [-0.2, 0) is 11.2 Å². The molecule has 0 amide bonds. The minimum absolute atomic E-state index is 0.150. The van der Waals surface area contributed by atoms with Gasteiger partial charge in [0.1, 0.15) is 0 Å². The zero-order chi connectivity index (χ0) is 11.8. The van der Waals surface area contributed by atoms with Crippen LogP contribution in [0.5, 0.6) is 11.5 Å². The van der Waals surface area contributed by atoms with Gasteiger partial charge in [-0.2, -0.15) is 0 Å². The zero-order valence-corrected chi connectivity index (χ0v) is 11.4. The van der Waals surface area contributed by atoms with Gasteiger partial charge in [0.25, 0.3) is 0 Å². The summed E-state index contributed by atoms with van der Waals surface area (Å²) in [5, 5.41) is 0. The molecule has 1 atom stereocenters. The van der Waals surface area contributed by atoms with Crippen LogP contribution in [0.25, 0.3) is 0 Å². The summed E-state index contributed by atoms with van der Waals surface area (Å²) in [5.74, 6) is 1.73. The molecule has 0 fully saturated rings. The van der Waals surface area contributed by atoms with Crippen molar-refractivity contribution in [2.45, 2.75) is 32.3 Å². The Morgan fingerprint density at radius 1 is 1.41 bits per heavy atom. The van der Waals surface area contributed by atoms with Crippen LogP contribution in [-0.4, -0.2) is 13.4 Å². The first-order chi connectivity index (χ1) is 8.31. The van der Waals surface area contributed by atoms with Gasteiger partial charge in [-0.05, 0) is 24.5 Å². The normalized spacial score (nSPS) is 21.4. The fraction of sp³-hybridized carbons (Fsp3) is 0.538. The van der Waals surface area contributed by atoms with Gasteiger partial charge in [-0.25, -0.2) is 0 Å². The van der Waals surface area contributed by atoms with E-state index >= 15 is 0 Å². The summed E-state index contributed by atoms with van der Waals surface area (Å²) in [6.45, 7) is 3.28. The van der Waals surface area contributed by atoms with E-state index in [9.17, 15) is 0 Å². The molecule has 17 heavy (non-hydrogen) atoms. The predicted molar refractivity (Wildman–Crippen MR) is 67.6 cm³/mol. The molecule has 0 aromatic heterocycles. The first-order valence-corrected chi connectivity index (χ1v) is 6.83. The highest BCUT2D eigenvalue weighted by Gasteiger charge is 2.31. The molecule has 0 bridgehead atoms. The van der Waals surface area contributed by atoms with Gasteiger partial charge in [-0.1, -0.05) is 29.3 Å². The SMILES string of the molecule is CCCC1OCCc2c(Br)cc3c(c21)OCO3. The third-order valence-corrected chi connectivity index (χ3v) is 4.01. The Kier molecular flexibility index (Phi) is 3.01. The van der Waals surface area contributed by atoms with E-state index in [1.807, 2.05) is 6.07 Å². The molecular weight excluding hydrogens is 284 g/mol. The van der Waals surface area contributed by atoms with E-state index in [4.69, 9.17) is 14.2 Å². The van der Waals surface area contributed by atoms with Crippen LogP contribution in [0.15, 0.2) is 10.5 Å². The van der Waals surface area contributed by atoms with Gasteiger partial charge in [-0.3, -0.25) is 0 Å². The highest BCUT2D eigenvalue weighted by Crippen LogP contribution is 2.47. The van der Waals surface area contributed by atoms with Crippen molar-refractivity contribution in [1.82, 2.24) is 0 Å². The lowest BCUT2D eigenvalue weighted by atomic mass is 9.93. The first-order valence-electron chi connectivity index (χ1n) is 6.03. The van der Waals surface area contributed by atoms with Gasteiger partial charge in [0.15, 0.2) is 11.5 Å². The largest absolute Gasteiger partial charge is 0.454 e. The molecule has 4 heteroatoms. The van der Waals surface area contributed by atoms with E-state index in [1.54, 1.807) is 0 Å². The second-order valence-electron chi connectivity index (χ2n) is 4.38. The van der Waals surface area contributed by atoms with E-state index < -0.39 is 0 Å². The standard InChI is InChI=1S/C13H15BrO3/c1-2-3-10-12-8(4-5-15-10)9(14)6-11-13(12)17-7-16-11/h6,10H,2-5,7H2,1H3. The van der Waals surface area contributed by atoms with Crippen molar-refractivity contribution in [3.63, 3.8) is 0 Å². The lowest BCUT2D eigenvalue weighted by Crippen LogP contribution is -2.17. The molecule has 3 nitrogen and oxygen atoms in total. The summed E-state index contributed by atoms with van der Waals surface area (Å²) in [6.07, 6.45) is 3.22. The molecule has 1 aromatic carbocycles. The van der Waals surface area contributed by atoms with Crippen LogP contribution in [0.4, 0.5) is 0 Å². The predicted octanol–water partition coefficient (Wildman–Crippen LogP) is 3.59. The van der Waals surface area contributed by atoms with Crippen molar-refractivity contribution < 1.29 is 14.2 Å². The number of benzene rings is 1. The molecule has 2 heterocycles. The van der Waals surface area contributed by atoms with E-state index in [0.717, 1.165) is 41.8 Å². The van der Waals surface area contributed by atoms with Crippen LogP contribution in [0.1, 0.15) is 37.0 Å². The number of halogens is 1. The average Bonchev–Trinajstić information content (AvgIpc) is 2.78. The molecule has 2 aliphatic rings. The molecule has 0 spiro atoms. The first kappa shape index (κ1) is 11.4. The summed E-state index contributed by atoms with van der Waals surface area (Å²) in [4.78, 5) is 0. The lowest BCUT2D eigenvalue weighted by Gasteiger charge is -2.27. The van der Waals surface area contributed by atoms with Crippen molar-refractivity contribution in [3.8, 4) is 11.5 Å². The second kappa shape index (κ2) is 4.50. The van der Waals surface area contributed by atoms with E-state index in [1.165, 1.54) is 11.1 Å². The van der Waals surface area contributed by atoms with Crippen molar-refractivity contribution in [2.24, 2.45) is 0 Å². The Morgan fingerprint density at radius 2 is 2.29 bits per heavy atom. The van der Waals surface area contributed by atoms with Crippen molar-refractivity contribution in [2.75, 3.05) is 13.4 Å². The summed E-state index contributed by atoms with van der Waals surface area (Å²) in [7, 11) is 0. The van der Waals surface area contributed by atoms with Crippen LogP contribution >= 0.6 is 15.9 Å². The van der Waals surface area contributed by atoms with Crippen LogP contribution in [0.3, 0.4) is 0 Å². The zero-order valence-electron chi connectivity index (χ0n) is 9.79. The summed E-state index contributed by atoms with van der Waals surface area (Å²) in [5.41, 5.74) is 2.51. The minimum atomic E-state index is 0.150. The van der Waals surface area contributed by atoms with Crippen LogP contribution < -0.4 is 9.47 Å². The third kappa shape index (κ3) is 1.83. The molecule has 2 aliphatic heterocycles. The fourth-order valence-electron chi connectivity index (χ4n) is 2.55. The summed E-state index contributed by atoms with van der Waals surface area (Å²) in [6, 6.07) is 2.01. The maximum Gasteiger partial charge on any atom is 0.231 e. The van der Waals surface area contributed by atoms with Crippen LogP contribution in [0.2, 0.25) is 0 Å². The Hall–Kier alpha value is -0.740. The van der Waals surface area contributed by atoms with Gasteiger partial charge in [0, 0.05) is 10.0 Å². The van der Waals surface area contributed by atoms with E-state index in [0.29, 0.717) is 6.79 Å². The monoisotopic (exact) mass is 298 g/mol. The number of hydrogen-bond donors (Lipinski definition) is 0. The Labute approximate surface area is 109 Å².